The Morgan fingerprint density at radius 1 is 0.917 bits per heavy atom. The van der Waals surface area contributed by atoms with E-state index in [1.165, 1.54) is 6.07 Å². The van der Waals surface area contributed by atoms with Crippen molar-refractivity contribution in [2.75, 3.05) is 0 Å². The molecular formula is C6H2Cl4NaO. The van der Waals surface area contributed by atoms with Crippen molar-refractivity contribution in [3.63, 3.8) is 0 Å². The van der Waals surface area contributed by atoms with Gasteiger partial charge in [0.05, 0.1) is 15.1 Å². The van der Waals surface area contributed by atoms with Crippen LogP contribution in [-0.2, 0) is 0 Å². The second-order valence-corrected chi connectivity index (χ2v) is 3.36. The second-order valence-electron chi connectivity index (χ2n) is 1.82. The van der Waals surface area contributed by atoms with Crippen molar-refractivity contribution in [3.05, 3.63) is 26.2 Å². The molecule has 0 bridgehead atoms. The second kappa shape index (κ2) is 5.16. The molecule has 1 rings (SSSR count). The number of halogens is 4. The molecule has 1 radical (unpaired) electrons. The number of phenolic OH excluding ortho intramolecular Hbond substituents is 1. The van der Waals surface area contributed by atoms with Crippen LogP contribution >= 0.6 is 46.4 Å². The van der Waals surface area contributed by atoms with E-state index < -0.39 is 0 Å². The van der Waals surface area contributed by atoms with Gasteiger partial charge in [-0.1, -0.05) is 46.4 Å². The molecule has 0 spiro atoms. The van der Waals surface area contributed by atoms with Crippen molar-refractivity contribution in [1.29, 1.82) is 0 Å². The van der Waals surface area contributed by atoms with Gasteiger partial charge in [0.1, 0.15) is 10.8 Å². The Labute approximate surface area is 112 Å². The normalized spacial score (nSPS) is 9.33. The first kappa shape index (κ1) is 13.2. The van der Waals surface area contributed by atoms with E-state index in [1.54, 1.807) is 0 Å². The zero-order valence-corrected chi connectivity index (χ0v) is 11.1. The van der Waals surface area contributed by atoms with E-state index in [1.807, 2.05) is 0 Å². The summed E-state index contributed by atoms with van der Waals surface area (Å²) < 4.78 is 0. The summed E-state index contributed by atoms with van der Waals surface area (Å²) >= 11 is 22.3. The Morgan fingerprint density at radius 2 is 1.42 bits per heavy atom. The van der Waals surface area contributed by atoms with E-state index in [0.29, 0.717) is 0 Å². The molecule has 61 valence electrons. The SMILES string of the molecule is Oc1cc(Cl)c(Cl)c(Cl)c1Cl.[Na]. The average molecular weight is 255 g/mol. The third kappa shape index (κ3) is 2.58. The summed E-state index contributed by atoms with van der Waals surface area (Å²) in [6.45, 7) is 0. The van der Waals surface area contributed by atoms with Gasteiger partial charge in [-0.25, -0.2) is 0 Å². The van der Waals surface area contributed by atoms with E-state index >= 15 is 0 Å². The van der Waals surface area contributed by atoms with Crippen LogP contribution < -0.4 is 0 Å². The maximum atomic E-state index is 9.05. The standard InChI is InChI=1S/C6H2Cl4O.Na/c7-2-1-3(11)5(9)6(10)4(2)8;/h1,11H;. The van der Waals surface area contributed by atoms with Crippen LogP contribution in [-0.4, -0.2) is 34.7 Å². The summed E-state index contributed by atoms with van der Waals surface area (Å²) in [5.74, 6) is -0.175. The zero-order valence-electron chi connectivity index (χ0n) is 6.04. The minimum Gasteiger partial charge on any atom is -0.506 e. The molecule has 0 saturated heterocycles. The van der Waals surface area contributed by atoms with Gasteiger partial charge < -0.3 is 5.11 Å². The van der Waals surface area contributed by atoms with Crippen LogP contribution in [0.25, 0.3) is 0 Å². The van der Waals surface area contributed by atoms with Crippen molar-refractivity contribution in [3.8, 4) is 5.75 Å². The molecule has 0 atom stereocenters. The van der Waals surface area contributed by atoms with Gasteiger partial charge >= 0.3 is 0 Å². The zero-order chi connectivity index (χ0) is 8.59. The molecule has 1 N–H and O–H groups in total. The van der Waals surface area contributed by atoms with E-state index in [0.717, 1.165) is 0 Å². The first-order chi connectivity index (χ1) is 5.04. The summed E-state index contributed by atoms with van der Waals surface area (Å²) in [7, 11) is 0. The summed E-state index contributed by atoms with van der Waals surface area (Å²) in [4.78, 5) is 0. The number of phenols is 1. The monoisotopic (exact) mass is 253 g/mol. The van der Waals surface area contributed by atoms with Crippen LogP contribution in [0, 0.1) is 0 Å². The molecule has 0 fully saturated rings. The van der Waals surface area contributed by atoms with Crippen molar-refractivity contribution < 1.29 is 5.11 Å². The smallest absolute Gasteiger partial charge is 0.137 e. The molecule has 0 aliphatic rings. The van der Waals surface area contributed by atoms with Crippen molar-refractivity contribution in [2.45, 2.75) is 0 Å². The minimum absolute atomic E-state index is 0. The molecule has 0 amide bonds. The molecule has 1 nitrogen and oxygen atoms in total. The van der Waals surface area contributed by atoms with E-state index in [-0.39, 0.29) is 55.4 Å². The van der Waals surface area contributed by atoms with Crippen LogP contribution in [0.15, 0.2) is 6.07 Å². The van der Waals surface area contributed by atoms with Gasteiger partial charge in [0.25, 0.3) is 0 Å². The largest absolute Gasteiger partial charge is 0.506 e. The van der Waals surface area contributed by atoms with Crippen LogP contribution in [0.2, 0.25) is 20.1 Å². The molecule has 0 saturated carbocycles. The van der Waals surface area contributed by atoms with Crippen molar-refractivity contribution in [2.24, 2.45) is 0 Å². The van der Waals surface area contributed by atoms with Gasteiger partial charge in [-0.2, -0.15) is 0 Å². The number of hydrogen-bond acceptors (Lipinski definition) is 1. The van der Waals surface area contributed by atoms with Gasteiger partial charge in [-0.3, -0.25) is 0 Å². The third-order valence-electron chi connectivity index (χ3n) is 1.08. The average Bonchev–Trinajstić information content (AvgIpc) is 1.97. The molecule has 1 aromatic rings. The predicted molar refractivity (Wildman–Crippen MR) is 53.9 cm³/mol. The Balaban J connectivity index is 0.00000121. The molecule has 1 aromatic carbocycles. The molecule has 0 heterocycles. The fraction of sp³-hybridized carbons (Fsp3) is 0. The quantitative estimate of drug-likeness (QED) is 0.426. The van der Waals surface area contributed by atoms with E-state index in [9.17, 15) is 0 Å². The number of hydrogen-bond donors (Lipinski definition) is 1. The first-order valence-corrected chi connectivity index (χ1v) is 4.07. The molecule has 6 heteroatoms. The summed E-state index contributed by atoms with van der Waals surface area (Å²) in [6.07, 6.45) is 0. The van der Waals surface area contributed by atoms with E-state index in [4.69, 9.17) is 51.5 Å². The predicted octanol–water partition coefficient (Wildman–Crippen LogP) is 3.62. The Morgan fingerprint density at radius 3 is 1.92 bits per heavy atom. The van der Waals surface area contributed by atoms with Gasteiger partial charge in [0.2, 0.25) is 0 Å². The van der Waals surface area contributed by atoms with Crippen LogP contribution in [0.3, 0.4) is 0 Å². The molecule has 12 heavy (non-hydrogen) atoms. The van der Waals surface area contributed by atoms with Crippen LogP contribution in [0.5, 0.6) is 5.75 Å². The van der Waals surface area contributed by atoms with Gasteiger partial charge in [0.15, 0.2) is 0 Å². The molecule has 0 aliphatic heterocycles. The topological polar surface area (TPSA) is 20.2 Å². The van der Waals surface area contributed by atoms with Crippen LogP contribution in [0.4, 0.5) is 0 Å². The molecular weight excluding hydrogens is 253 g/mol. The number of rotatable bonds is 0. The third-order valence-corrected chi connectivity index (χ3v) is 2.82. The molecule has 0 aromatic heterocycles. The Kier molecular flexibility index (Phi) is 5.67. The van der Waals surface area contributed by atoms with Gasteiger partial charge in [0, 0.05) is 35.6 Å². The number of aromatic hydroxyl groups is 1. The van der Waals surface area contributed by atoms with Gasteiger partial charge in [-0.05, 0) is 0 Å². The summed E-state index contributed by atoms with van der Waals surface area (Å²) in [5.41, 5.74) is 0. The van der Waals surface area contributed by atoms with Crippen LogP contribution in [0.1, 0.15) is 0 Å². The number of benzene rings is 1. The first-order valence-electron chi connectivity index (χ1n) is 2.56. The maximum absolute atomic E-state index is 9.05. The Bertz CT molecular complexity index is 276. The fourth-order valence-corrected chi connectivity index (χ4v) is 1.35. The van der Waals surface area contributed by atoms with Crippen molar-refractivity contribution >= 4 is 76.0 Å². The van der Waals surface area contributed by atoms with E-state index in [2.05, 4.69) is 0 Å². The summed E-state index contributed by atoms with van der Waals surface area (Å²) in [5, 5.41) is 9.46. The molecule has 0 aliphatic carbocycles. The van der Waals surface area contributed by atoms with Gasteiger partial charge in [-0.15, -0.1) is 0 Å². The van der Waals surface area contributed by atoms with Crippen molar-refractivity contribution in [1.82, 2.24) is 0 Å². The summed E-state index contributed by atoms with van der Waals surface area (Å²) in [6, 6.07) is 1.23. The molecule has 0 unspecified atom stereocenters. The minimum atomic E-state index is -0.175. The Hall–Kier alpha value is 1.18. The maximum Gasteiger partial charge on any atom is 0.137 e. The fourth-order valence-electron chi connectivity index (χ4n) is 0.560.